The summed E-state index contributed by atoms with van der Waals surface area (Å²) >= 11 is 0. The first-order chi connectivity index (χ1) is 12.5. The number of likely N-dealkylation sites (tertiary alicyclic amines) is 2. The first-order valence-electron chi connectivity index (χ1n) is 9.70. The second-order valence-electron chi connectivity index (χ2n) is 8.50. The molecule has 26 heavy (non-hydrogen) atoms. The molecule has 1 aromatic carbocycles. The third-order valence-corrected chi connectivity index (χ3v) is 6.70. The largest absolute Gasteiger partial charge is 0.370 e. The van der Waals surface area contributed by atoms with Crippen molar-refractivity contribution in [2.24, 2.45) is 11.1 Å². The van der Waals surface area contributed by atoms with Crippen molar-refractivity contribution >= 4 is 0 Å². The number of hydrogen-bond donors (Lipinski definition) is 1. The molecule has 2 N–H and O–H groups in total. The van der Waals surface area contributed by atoms with Crippen molar-refractivity contribution < 1.29 is 13.5 Å². The molecule has 3 fully saturated rings. The molecule has 3 saturated heterocycles. The van der Waals surface area contributed by atoms with Crippen molar-refractivity contribution in [3.8, 4) is 0 Å². The standard InChI is InChI=1S/C20H29F2N3O/c1-24-7-4-20(5-8-24)6-9-25(13-20)15-11-18(23)19(26-12-15)16-10-14(21)2-3-17(16)22/h2-3,10,15,18-19H,4-9,11-13,23H2,1H3/t15-,18+,19-/m1/s1. The number of piperidine rings is 1. The maximum Gasteiger partial charge on any atom is 0.129 e. The molecule has 0 saturated carbocycles. The van der Waals surface area contributed by atoms with Crippen LogP contribution < -0.4 is 5.73 Å². The fraction of sp³-hybridized carbons (Fsp3) is 0.700. The summed E-state index contributed by atoms with van der Waals surface area (Å²) in [4.78, 5) is 4.93. The maximum absolute atomic E-state index is 14.1. The van der Waals surface area contributed by atoms with Crippen LogP contribution in [0.2, 0.25) is 0 Å². The lowest BCUT2D eigenvalue weighted by atomic mass is 9.78. The summed E-state index contributed by atoms with van der Waals surface area (Å²) in [6.45, 7) is 5.08. The summed E-state index contributed by atoms with van der Waals surface area (Å²) in [5.74, 6) is -0.903. The molecule has 0 bridgehead atoms. The summed E-state index contributed by atoms with van der Waals surface area (Å²) in [5, 5.41) is 0. The molecule has 0 radical (unpaired) electrons. The lowest BCUT2D eigenvalue weighted by Gasteiger charge is -2.41. The smallest absolute Gasteiger partial charge is 0.129 e. The third-order valence-electron chi connectivity index (χ3n) is 6.70. The zero-order valence-electron chi connectivity index (χ0n) is 15.5. The summed E-state index contributed by atoms with van der Waals surface area (Å²) in [5.41, 5.74) is 7.02. The van der Waals surface area contributed by atoms with Crippen LogP contribution in [0.25, 0.3) is 0 Å². The van der Waals surface area contributed by atoms with Crippen molar-refractivity contribution in [3.05, 3.63) is 35.4 Å². The second-order valence-corrected chi connectivity index (χ2v) is 8.50. The molecule has 3 heterocycles. The van der Waals surface area contributed by atoms with E-state index in [1.54, 1.807) is 0 Å². The Kier molecular flexibility index (Phi) is 5.03. The molecule has 1 spiro atoms. The van der Waals surface area contributed by atoms with Gasteiger partial charge in [-0.05, 0) is 76.0 Å². The highest BCUT2D eigenvalue weighted by molar-refractivity contribution is 5.23. The molecule has 0 amide bonds. The lowest BCUT2D eigenvalue weighted by molar-refractivity contribution is -0.0500. The summed E-state index contributed by atoms with van der Waals surface area (Å²) in [6.07, 6.45) is 3.96. The molecule has 0 unspecified atom stereocenters. The van der Waals surface area contributed by atoms with Crippen molar-refractivity contribution in [1.82, 2.24) is 9.80 Å². The van der Waals surface area contributed by atoms with Gasteiger partial charge in [0.1, 0.15) is 17.7 Å². The Balaban J connectivity index is 1.39. The number of hydrogen-bond acceptors (Lipinski definition) is 4. The van der Waals surface area contributed by atoms with E-state index in [4.69, 9.17) is 10.5 Å². The Labute approximate surface area is 154 Å². The van der Waals surface area contributed by atoms with Crippen LogP contribution in [-0.2, 0) is 4.74 Å². The molecule has 3 aliphatic heterocycles. The number of nitrogens with zero attached hydrogens (tertiary/aromatic N) is 2. The van der Waals surface area contributed by atoms with Gasteiger partial charge in [-0.25, -0.2) is 8.78 Å². The van der Waals surface area contributed by atoms with E-state index in [1.165, 1.54) is 38.4 Å². The zero-order chi connectivity index (χ0) is 18.3. The van der Waals surface area contributed by atoms with Gasteiger partial charge in [0.05, 0.1) is 6.61 Å². The molecule has 0 aliphatic carbocycles. The van der Waals surface area contributed by atoms with E-state index in [9.17, 15) is 8.78 Å². The average Bonchev–Trinajstić information content (AvgIpc) is 3.04. The van der Waals surface area contributed by atoms with E-state index in [2.05, 4.69) is 16.8 Å². The predicted molar refractivity (Wildman–Crippen MR) is 96.8 cm³/mol. The normalized spacial score (nSPS) is 33.0. The predicted octanol–water partition coefficient (Wildman–Crippen LogP) is 2.54. The van der Waals surface area contributed by atoms with Gasteiger partial charge in [-0.3, -0.25) is 4.90 Å². The van der Waals surface area contributed by atoms with Gasteiger partial charge in [-0.1, -0.05) is 0 Å². The number of halogens is 2. The van der Waals surface area contributed by atoms with Gasteiger partial charge in [0.25, 0.3) is 0 Å². The quantitative estimate of drug-likeness (QED) is 0.875. The van der Waals surface area contributed by atoms with Gasteiger partial charge < -0.3 is 15.4 Å². The Morgan fingerprint density at radius 1 is 1.15 bits per heavy atom. The first-order valence-corrected chi connectivity index (χ1v) is 9.70. The second kappa shape index (κ2) is 7.15. The van der Waals surface area contributed by atoms with Crippen LogP contribution in [0.4, 0.5) is 8.78 Å². The molecule has 144 valence electrons. The van der Waals surface area contributed by atoms with Gasteiger partial charge >= 0.3 is 0 Å². The number of nitrogens with two attached hydrogens (primary N) is 1. The monoisotopic (exact) mass is 365 g/mol. The zero-order valence-corrected chi connectivity index (χ0v) is 15.5. The molecule has 1 aromatic rings. The number of ether oxygens (including phenoxy) is 1. The highest BCUT2D eigenvalue weighted by Gasteiger charge is 2.44. The van der Waals surface area contributed by atoms with Gasteiger partial charge in [0, 0.05) is 24.2 Å². The Morgan fingerprint density at radius 3 is 2.62 bits per heavy atom. The summed E-state index contributed by atoms with van der Waals surface area (Å²) in [6, 6.07) is 3.44. The molecule has 6 heteroatoms. The van der Waals surface area contributed by atoms with E-state index < -0.39 is 17.7 Å². The van der Waals surface area contributed by atoms with Crippen molar-refractivity contribution in [1.29, 1.82) is 0 Å². The van der Waals surface area contributed by atoms with Gasteiger partial charge in [0.2, 0.25) is 0 Å². The van der Waals surface area contributed by atoms with Crippen LogP contribution in [0, 0.1) is 17.0 Å². The SMILES string of the molecule is CN1CCC2(CC1)CCN([C@H]1CO[C@H](c3cc(F)ccc3F)[C@@H](N)C1)C2. The molecule has 4 rings (SSSR count). The number of benzene rings is 1. The van der Waals surface area contributed by atoms with Crippen LogP contribution in [0.1, 0.15) is 37.4 Å². The van der Waals surface area contributed by atoms with Crippen molar-refractivity contribution in [2.45, 2.75) is 43.9 Å². The molecular formula is C20H29F2N3O. The maximum atomic E-state index is 14.1. The van der Waals surface area contributed by atoms with Crippen molar-refractivity contribution in [3.63, 3.8) is 0 Å². The van der Waals surface area contributed by atoms with Gasteiger partial charge in [-0.2, -0.15) is 0 Å². The molecule has 3 atom stereocenters. The topological polar surface area (TPSA) is 41.7 Å². The van der Waals surface area contributed by atoms with E-state index in [0.717, 1.165) is 31.6 Å². The fourth-order valence-corrected chi connectivity index (χ4v) is 4.93. The number of rotatable bonds is 2. The third kappa shape index (κ3) is 3.52. The van der Waals surface area contributed by atoms with E-state index in [0.29, 0.717) is 12.0 Å². The lowest BCUT2D eigenvalue weighted by Crippen LogP contribution is -2.49. The first kappa shape index (κ1) is 18.3. The van der Waals surface area contributed by atoms with E-state index in [1.807, 2.05) is 0 Å². The van der Waals surface area contributed by atoms with Crippen LogP contribution in [0.15, 0.2) is 18.2 Å². The van der Waals surface area contributed by atoms with E-state index in [-0.39, 0.29) is 17.6 Å². The van der Waals surface area contributed by atoms with Crippen molar-refractivity contribution in [2.75, 3.05) is 39.8 Å². The van der Waals surface area contributed by atoms with Gasteiger partial charge in [-0.15, -0.1) is 0 Å². The minimum atomic E-state index is -0.568. The molecular weight excluding hydrogens is 336 g/mol. The highest BCUT2D eigenvalue weighted by atomic mass is 19.1. The van der Waals surface area contributed by atoms with Crippen LogP contribution in [0.5, 0.6) is 0 Å². The van der Waals surface area contributed by atoms with Crippen LogP contribution in [-0.4, -0.2) is 61.7 Å². The van der Waals surface area contributed by atoms with Crippen LogP contribution >= 0.6 is 0 Å². The average molecular weight is 365 g/mol. The molecule has 0 aromatic heterocycles. The summed E-state index contributed by atoms with van der Waals surface area (Å²) in [7, 11) is 2.19. The van der Waals surface area contributed by atoms with E-state index >= 15 is 0 Å². The molecule has 4 nitrogen and oxygen atoms in total. The minimum Gasteiger partial charge on any atom is -0.370 e. The van der Waals surface area contributed by atoms with Crippen LogP contribution in [0.3, 0.4) is 0 Å². The fourth-order valence-electron chi connectivity index (χ4n) is 4.93. The Hall–Kier alpha value is -1.08. The molecule has 3 aliphatic rings. The highest BCUT2D eigenvalue weighted by Crippen LogP contribution is 2.42. The van der Waals surface area contributed by atoms with Gasteiger partial charge in [0.15, 0.2) is 0 Å². The minimum absolute atomic E-state index is 0.240. The Bertz CT molecular complexity index is 648. The Morgan fingerprint density at radius 2 is 1.88 bits per heavy atom. The summed E-state index contributed by atoms with van der Waals surface area (Å²) < 4.78 is 33.5.